The molecule has 138 valence electrons. The number of hydrogen-bond acceptors (Lipinski definition) is 3. The molecule has 0 aromatic heterocycles. The Kier molecular flexibility index (Phi) is 6.45. The van der Waals surface area contributed by atoms with E-state index >= 15 is 0 Å². The van der Waals surface area contributed by atoms with Crippen molar-refractivity contribution in [1.82, 2.24) is 0 Å². The Morgan fingerprint density at radius 1 is 1.12 bits per heavy atom. The minimum absolute atomic E-state index is 0.0994. The molecule has 0 aliphatic carbocycles. The number of amides is 1. The van der Waals surface area contributed by atoms with E-state index in [1.54, 1.807) is 50.2 Å². The lowest BCUT2D eigenvalue weighted by atomic mass is 10.2. The van der Waals surface area contributed by atoms with Crippen molar-refractivity contribution in [2.24, 2.45) is 0 Å². The number of benzene rings is 2. The first-order valence-electron chi connectivity index (χ1n) is 8.10. The number of aryl methyl sites for hydroxylation is 1. The molecule has 0 atom stereocenters. The normalized spacial score (nSPS) is 11.9. The van der Waals surface area contributed by atoms with E-state index in [-0.39, 0.29) is 10.8 Å². The van der Waals surface area contributed by atoms with E-state index in [2.05, 4.69) is 10.0 Å². The number of sulfonamides is 1. The summed E-state index contributed by atoms with van der Waals surface area (Å²) in [6.45, 7) is 5.35. The molecule has 0 bridgehead atoms. The van der Waals surface area contributed by atoms with Crippen LogP contribution in [-0.4, -0.2) is 14.3 Å². The molecule has 0 aliphatic rings. The standard InChI is InChI=1S/C19H21ClN2O3S/c1-4-5-14(3)19(23)21-17-9-6-13(2)18(12-17)26(24,25)22-16-10-7-15(20)8-11-16/h5-12,22H,4H2,1-3H3,(H,21,23). The van der Waals surface area contributed by atoms with Crippen molar-refractivity contribution in [1.29, 1.82) is 0 Å². The Morgan fingerprint density at radius 2 is 1.73 bits per heavy atom. The molecule has 0 unspecified atom stereocenters. The van der Waals surface area contributed by atoms with Gasteiger partial charge in [0, 0.05) is 22.0 Å². The SMILES string of the molecule is CCC=C(C)C(=O)Nc1ccc(C)c(S(=O)(=O)Nc2ccc(Cl)cc2)c1. The van der Waals surface area contributed by atoms with E-state index in [1.807, 2.05) is 13.0 Å². The molecule has 0 fully saturated rings. The molecular weight excluding hydrogens is 372 g/mol. The fourth-order valence-electron chi connectivity index (χ4n) is 2.32. The van der Waals surface area contributed by atoms with E-state index in [0.717, 1.165) is 6.42 Å². The van der Waals surface area contributed by atoms with Gasteiger partial charge in [-0.15, -0.1) is 0 Å². The number of anilines is 2. The minimum atomic E-state index is -3.80. The van der Waals surface area contributed by atoms with Crippen LogP contribution in [0.4, 0.5) is 11.4 Å². The van der Waals surface area contributed by atoms with Gasteiger partial charge in [0.2, 0.25) is 0 Å². The molecule has 2 aromatic carbocycles. The molecule has 5 nitrogen and oxygen atoms in total. The second kappa shape index (κ2) is 8.38. The number of carbonyl (C=O) groups excluding carboxylic acids is 1. The van der Waals surface area contributed by atoms with E-state index in [4.69, 9.17) is 11.6 Å². The zero-order valence-corrected chi connectivity index (χ0v) is 16.4. The summed E-state index contributed by atoms with van der Waals surface area (Å²) >= 11 is 5.82. The van der Waals surface area contributed by atoms with Crippen molar-refractivity contribution in [2.45, 2.75) is 32.1 Å². The Labute approximate surface area is 159 Å². The third-order valence-electron chi connectivity index (χ3n) is 3.70. The summed E-state index contributed by atoms with van der Waals surface area (Å²) in [5.41, 5.74) is 1.98. The highest BCUT2D eigenvalue weighted by molar-refractivity contribution is 7.92. The molecule has 26 heavy (non-hydrogen) atoms. The van der Waals surface area contributed by atoms with Crippen LogP contribution in [0.3, 0.4) is 0 Å². The van der Waals surface area contributed by atoms with Gasteiger partial charge in [-0.1, -0.05) is 30.7 Å². The maximum absolute atomic E-state index is 12.7. The smallest absolute Gasteiger partial charge is 0.262 e. The zero-order chi connectivity index (χ0) is 19.3. The highest BCUT2D eigenvalue weighted by atomic mass is 35.5. The van der Waals surface area contributed by atoms with Gasteiger partial charge in [-0.25, -0.2) is 8.42 Å². The predicted molar refractivity (Wildman–Crippen MR) is 106 cm³/mol. The molecule has 0 saturated heterocycles. The average molecular weight is 393 g/mol. The molecule has 7 heteroatoms. The number of carbonyl (C=O) groups is 1. The monoisotopic (exact) mass is 392 g/mol. The van der Waals surface area contributed by atoms with Gasteiger partial charge in [0.05, 0.1) is 4.90 Å². The molecule has 0 aliphatic heterocycles. The van der Waals surface area contributed by atoms with Crippen molar-refractivity contribution >= 4 is 38.9 Å². The van der Waals surface area contributed by atoms with Crippen LogP contribution in [-0.2, 0) is 14.8 Å². The van der Waals surface area contributed by atoms with Crippen molar-refractivity contribution in [2.75, 3.05) is 10.0 Å². The maximum Gasteiger partial charge on any atom is 0.262 e. The van der Waals surface area contributed by atoms with Crippen LogP contribution >= 0.6 is 11.6 Å². The maximum atomic E-state index is 12.7. The van der Waals surface area contributed by atoms with Crippen LogP contribution in [0, 0.1) is 6.92 Å². The molecular formula is C19H21ClN2O3S. The Morgan fingerprint density at radius 3 is 2.35 bits per heavy atom. The van der Waals surface area contributed by atoms with Crippen LogP contribution in [0.25, 0.3) is 0 Å². The second-order valence-corrected chi connectivity index (χ2v) is 7.93. The zero-order valence-electron chi connectivity index (χ0n) is 14.8. The van der Waals surface area contributed by atoms with E-state index < -0.39 is 10.0 Å². The number of halogens is 1. The molecule has 2 N–H and O–H groups in total. The van der Waals surface area contributed by atoms with Crippen LogP contribution in [0.1, 0.15) is 25.8 Å². The first kappa shape index (κ1) is 20.0. The molecule has 0 heterocycles. The molecule has 2 aromatic rings. The Balaban J connectivity index is 2.29. The lowest BCUT2D eigenvalue weighted by molar-refractivity contribution is -0.112. The van der Waals surface area contributed by atoms with Gasteiger partial charge in [0.25, 0.3) is 15.9 Å². The van der Waals surface area contributed by atoms with Crippen molar-refractivity contribution in [3.05, 3.63) is 64.7 Å². The largest absolute Gasteiger partial charge is 0.322 e. The van der Waals surface area contributed by atoms with Crippen molar-refractivity contribution in [3.8, 4) is 0 Å². The fraction of sp³-hybridized carbons (Fsp3) is 0.211. The predicted octanol–water partition coefficient (Wildman–Crippen LogP) is 4.74. The third kappa shape index (κ3) is 5.09. The van der Waals surface area contributed by atoms with Crippen molar-refractivity contribution < 1.29 is 13.2 Å². The van der Waals surface area contributed by atoms with Gasteiger partial charge < -0.3 is 5.32 Å². The Hall–Kier alpha value is -2.31. The lowest BCUT2D eigenvalue weighted by Crippen LogP contribution is -2.16. The number of hydrogen-bond donors (Lipinski definition) is 2. The summed E-state index contributed by atoms with van der Waals surface area (Å²) in [4.78, 5) is 12.2. The first-order valence-corrected chi connectivity index (χ1v) is 9.96. The van der Waals surface area contributed by atoms with Crippen LogP contribution in [0.2, 0.25) is 5.02 Å². The summed E-state index contributed by atoms with van der Waals surface area (Å²) in [5.74, 6) is -0.260. The van der Waals surface area contributed by atoms with Crippen LogP contribution < -0.4 is 10.0 Å². The molecule has 0 radical (unpaired) electrons. The number of allylic oxidation sites excluding steroid dienone is 1. The van der Waals surface area contributed by atoms with Gasteiger partial charge in [-0.3, -0.25) is 9.52 Å². The highest BCUT2D eigenvalue weighted by Crippen LogP contribution is 2.24. The summed E-state index contributed by atoms with van der Waals surface area (Å²) in [7, 11) is -3.80. The molecule has 0 spiro atoms. The van der Waals surface area contributed by atoms with E-state index in [9.17, 15) is 13.2 Å². The van der Waals surface area contributed by atoms with E-state index in [0.29, 0.717) is 27.5 Å². The average Bonchev–Trinajstić information content (AvgIpc) is 2.58. The fourth-order valence-corrected chi connectivity index (χ4v) is 3.78. The van der Waals surface area contributed by atoms with Gasteiger partial charge in [-0.2, -0.15) is 0 Å². The number of rotatable bonds is 6. The van der Waals surface area contributed by atoms with Gasteiger partial charge in [0.1, 0.15) is 0 Å². The van der Waals surface area contributed by atoms with Crippen molar-refractivity contribution in [3.63, 3.8) is 0 Å². The van der Waals surface area contributed by atoms with Gasteiger partial charge in [-0.05, 0) is 62.2 Å². The van der Waals surface area contributed by atoms with Gasteiger partial charge >= 0.3 is 0 Å². The summed E-state index contributed by atoms with van der Waals surface area (Å²) in [5, 5.41) is 3.24. The summed E-state index contributed by atoms with van der Waals surface area (Å²) in [6.07, 6.45) is 2.56. The first-order chi connectivity index (χ1) is 12.2. The third-order valence-corrected chi connectivity index (χ3v) is 5.48. The topological polar surface area (TPSA) is 75.3 Å². The second-order valence-electron chi connectivity index (χ2n) is 5.84. The van der Waals surface area contributed by atoms with Gasteiger partial charge in [0.15, 0.2) is 0 Å². The lowest BCUT2D eigenvalue weighted by Gasteiger charge is -2.13. The molecule has 0 saturated carbocycles. The number of nitrogens with one attached hydrogen (secondary N) is 2. The summed E-state index contributed by atoms with van der Waals surface area (Å²) in [6, 6.07) is 11.2. The Bertz CT molecular complexity index is 936. The molecule has 1 amide bonds. The van der Waals surface area contributed by atoms with Crippen LogP contribution in [0.15, 0.2) is 59.0 Å². The van der Waals surface area contributed by atoms with E-state index in [1.165, 1.54) is 6.07 Å². The summed E-state index contributed by atoms with van der Waals surface area (Å²) < 4.78 is 27.9. The highest BCUT2D eigenvalue weighted by Gasteiger charge is 2.18. The molecule has 2 rings (SSSR count). The van der Waals surface area contributed by atoms with Crippen LogP contribution in [0.5, 0.6) is 0 Å². The quantitative estimate of drug-likeness (QED) is 0.697. The minimum Gasteiger partial charge on any atom is -0.322 e.